The maximum atomic E-state index is 12.6. The molecule has 4 rings (SSSR count). The molecule has 1 N–H and O–H groups in total. The van der Waals surface area contributed by atoms with Gasteiger partial charge >= 0.3 is 5.97 Å². The monoisotopic (exact) mass is 399 g/mol. The topological polar surface area (TPSA) is 72.7 Å². The predicted molar refractivity (Wildman–Crippen MR) is 113 cm³/mol. The van der Waals surface area contributed by atoms with Crippen molar-refractivity contribution in [3.05, 3.63) is 107 Å². The fourth-order valence-corrected chi connectivity index (χ4v) is 3.23. The number of nitrogens with one attached hydrogen (secondary N) is 1. The number of benzene rings is 2. The first kappa shape index (κ1) is 19.4. The molecule has 0 unspecified atom stereocenters. The van der Waals surface area contributed by atoms with Crippen molar-refractivity contribution in [2.75, 3.05) is 7.11 Å². The Morgan fingerprint density at radius 3 is 2.47 bits per heavy atom. The molecular weight excluding hydrogens is 378 g/mol. The van der Waals surface area contributed by atoms with E-state index in [2.05, 4.69) is 27.2 Å². The molecule has 0 aliphatic heterocycles. The van der Waals surface area contributed by atoms with Crippen LogP contribution in [0.5, 0.6) is 0 Å². The van der Waals surface area contributed by atoms with Crippen molar-refractivity contribution in [2.24, 2.45) is 0 Å². The van der Waals surface area contributed by atoms with E-state index in [9.17, 15) is 9.59 Å². The highest BCUT2D eigenvalue weighted by atomic mass is 16.5. The van der Waals surface area contributed by atoms with Gasteiger partial charge in [0, 0.05) is 30.9 Å². The molecule has 6 nitrogen and oxygen atoms in total. The highest BCUT2D eigenvalue weighted by Crippen LogP contribution is 2.13. The molecule has 0 radical (unpaired) electrons. The average molecular weight is 399 g/mol. The molecule has 2 aromatic carbocycles. The Hall–Kier alpha value is -3.93. The SMILES string of the molecule is COC(=O)c1ccc(CNC(=O)c2ccn3cc(Cc4ccccc4)nc3c2)cc1. The van der Waals surface area contributed by atoms with Gasteiger partial charge in [0.1, 0.15) is 5.65 Å². The van der Waals surface area contributed by atoms with E-state index in [-0.39, 0.29) is 11.9 Å². The van der Waals surface area contributed by atoms with Gasteiger partial charge in [-0.05, 0) is 35.4 Å². The van der Waals surface area contributed by atoms with Gasteiger partial charge < -0.3 is 14.5 Å². The Morgan fingerprint density at radius 2 is 1.73 bits per heavy atom. The van der Waals surface area contributed by atoms with Crippen LogP contribution in [-0.2, 0) is 17.7 Å². The molecule has 0 atom stereocenters. The van der Waals surface area contributed by atoms with Crippen molar-refractivity contribution in [3.8, 4) is 0 Å². The molecule has 4 aromatic rings. The third-order valence-electron chi connectivity index (χ3n) is 4.83. The van der Waals surface area contributed by atoms with Gasteiger partial charge in [-0.2, -0.15) is 0 Å². The largest absolute Gasteiger partial charge is 0.465 e. The minimum atomic E-state index is -0.384. The highest BCUT2D eigenvalue weighted by Gasteiger charge is 2.10. The Kier molecular flexibility index (Phi) is 5.57. The number of esters is 1. The first-order chi connectivity index (χ1) is 14.6. The van der Waals surface area contributed by atoms with Gasteiger partial charge in [0.15, 0.2) is 0 Å². The number of hydrogen-bond acceptors (Lipinski definition) is 4. The Balaban J connectivity index is 1.42. The summed E-state index contributed by atoms with van der Waals surface area (Å²) in [7, 11) is 1.35. The maximum Gasteiger partial charge on any atom is 0.337 e. The lowest BCUT2D eigenvalue weighted by molar-refractivity contribution is 0.0600. The molecule has 0 saturated heterocycles. The van der Waals surface area contributed by atoms with Crippen LogP contribution in [0, 0.1) is 0 Å². The summed E-state index contributed by atoms with van der Waals surface area (Å²) in [5.74, 6) is -0.563. The number of carbonyl (C=O) groups excluding carboxylic acids is 2. The molecule has 0 aliphatic carbocycles. The number of pyridine rings is 1. The van der Waals surface area contributed by atoms with Crippen molar-refractivity contribution < 1.29 is 14.3 Å². The van der Waals surface area contributed by atoms with Crippen LogP contribution in [0.3, 0.4) is 0 Å². The summed E-state index contributed by atoms with van der Waals surface area (Å²) < 4.78 is 6.60. The van der Waals surface area contributed by atoms with Crippen molar-refractivity contribution in [1.82, 2.24) is 14.7 Å². The summed E-state index contributed by atoms with van der Waals surface area (Å²) in [4.78, 5) is 28.7. The van der Waals surface area contributed by atoms with Gasteiger partial charge in [-0.15, -0.1) is 0 Å². The minimum Gasteiger partial charge on any atom is -0.465 e. The first-order valence-electron chi connectivity index (χ1n) is 9.59. The van der Waals surface area contributed by atoms with Crippen LogP contribution < -0.4 is 5.32 Å². The zero-order chi connectivity index (χ0) is 20.9. The number of ether oxygens (including phenoxy) is 1. The van der Waals surface area contributed by atoms with Gasteiger partial charge in [0.25, 0.3) is 5.91 Å². The molecule has 0 spiro atoms. The van der Waals surface area contributed by atoms with Crippen LogP contribution in [0.4, 0.5) is 0 Å². The zero-order valence-corrected chi connectivity index (χ0v) is 16.5. The Morgan fingerprint density at radius 1 is 0.967 bits per heavy atom. The van der Waals surface area contributed by atoms with E-state index in [4.69, 9.17) is 0 Å². The second-order valence-corrected chi connectivity index (χ2v) is 6.95. The summed E-state index contributed by atoms with van der Waals surface area (Å²) in [5, 5.41) is 2.90. The van der Waals surface area contributed by atoms with Crippen molar-refractivity contribution in [3.63, 3.8) is 0 Å². The fourth-order valence-electron chi connectivity index (χ4n) is 3.23. The van der Waals surface area contributed by atoms with E-state index in [1.807, 2.05) is 35.0 Å². The summed E-state index contributed by atoms with van der Waals surface area (Å²) in [6.45, 7) is 0.360. The number of fused-ring (bicyclic) bond motifs is 1. The fraction of sp³-hybridized carbons (Fsp3) is 0.125. The van der Waals surface area contributed by atoms with E-state index in [1.54, 1.807) is 36.4 Å². The van der Waals surface area contributed by atoms with Crippen LogP contribution in [0.15, 0.2) is 79.1 Å². The van der Waals surface area contributed by atoms with E-state index >= 15 is 0 Å². The third-order valence-corrected chi connectivity index (χ3v) is 4.83. The molecule has 0 bridgehead atoms. The van der Waals surface area contributed by atoms with Gasteiger partial charge in [-0.1, -0.05) is 42.5 Å². The molecule has 0 aliphatic rings. The highest BCUT2D eigenvalue weighted by molar-refractivity contribution is 5.95. The van der Waals surface area contributed by atoms with Crippen LogP contribution in [0.1, 0.15) is 37.5 Å². The lowest BCUT2D eigenvalue weighted by Crippen LogP contribution is -2.22. The minimum absolute atomic E-state index is 0.179. The van der Waals surface area contributed by atoms with Crippen LogP contribution in [0.2, 0.25) is 0 Å². The van der Waals surface area contributed by atoms with E-state index in [0.29, 0.717) is 17.7 Å². The van der Waals surface area contributed by atoms with Gasteiger partial charge in [-0.3, -0.25) is 4.79 Å². The van der Waals surface area contributed by atoms with Gasteiger partial charge in [-0.25, -0.2) is 9.78 Å². The standard InChI is InChI=1S/C24H21N3O3/c1-30-24(29)19-9-7-18(8-10-19)15-25-23(28)20-11-12-27-16-21(26-22(27)14-20)13-17-5-3-2-4-6-17/h2-12,14,16H,13,15H2,1H3,(H,25,28). The number of carbonyl (C=O) groups is 2. The zero-order valence-electron chi connectivity index (χ0n) is 16.5. The Bertz CT molecular complexity index is 1180. The number of aromatic nitrogens is 2. The molecule has 6 heteroatoms. The number of hydrogen-bond donors (Lipinski definition) is 1. The normalized spacial score (nSPS) is 10.7. The molecule has 30 heavy (non-hydrogen) atoms. The molecule has 0 saturated carbocycles. The van der Waals surface area contributed by atoms with E-state index in [1.165, 1.54) is 12.7 Å². The maximum absolute atomic E-state index is 12.6. The number of nitrogens with zero attached hydrogens (tertiary/aromatic N) is 2. The average Bonchev–Trinajstić information content (AvgIpc) is 3.19. The predicted octanol–water partition coefficient (Wildman–Crippen LogP) is 3.64. The van der Waals surface area contributed by atoms with E-state index < -0.39 is 0 Å². The lowest BCUT2D eigenvalue weighted by Gasteiger charge is -2.06. The molecule has 2 aromatic heterocycles. The Labute approximate surface area is 174 Å². The second kappa shape index (κ2) is 8.61. The second-order valence-electron chi connectivity index (χ2n) is 6.95. The third kappa shape index (κ3) is 4.38. The summed E-state index contributed by atoms with van der Waals surface area (Å²) >= 11 is 0. The molecular formula is C24H21N3O3. The number of imidazole rings is 1. The van der Waals surface area contributed by atoms with E-state index in [0.717, 1.165) is 23.3 Å². The summed E-state index contributed by atoms with van der Waals surface area (Å²) in [6, 6.07) is 20.7. The van der Waals surface area contributed by atoms with Crippen molar-refractivity contribution >= 4 is 17.5 Å². The number of rotatable bonds is 6. The van der Waals surface area contributed by atoms with Crippen LogP contribution >= 0.6 is 0 Å². The van der Waals surface area contributed by atoms with Gasteiger partial charge in [0.2, 0.25) is 0 Å². The molecule has 0 fully saturated rings. The van der Waals surface area contributed by atoms with Gasteiger partial charge in [0.05, 0.1) is 18.4 Å². The van der Waals surface area contributed by atoms with Crippen molar-refractivity contribution in [1.29, 1.82) is 0 Å². The molecule has 2 heterocycles. The summed E-state index contributed by atoms with van der Waals surface area (Å²) in [5.41, 5.74) is 4.79. The quantitative estimate of drug-likeness (QED) is 0.503. The van der Waals surface area contributed by atoms with Crippen molar-refractivity contribution in [2.45, 2.75) is 13.0 Å². The molecule has 1 amide bonds. The van der Waals surface area contributed by atoms with Crippen LogP contribution in [-0.4, -0.2) is 28.4 Å². The van der Waals surface area contributed by atoms with Crippen LogP contribution in [0.25, 0.3) is 5.65 Å². The number of methoxy groups -OCH3 is 1. The first-order valence-corrected chi connectivity index (χ1v) is 9.59. The lowest BCUT2D eigenvalue weighted by atomic mass is 10.1. The molecule has 150 valence electrons. The number of amides is 1. The summed E-state index contributed by atoms with van der Waals surface area (Å²) in [6.07, 6.45) is 4.56. The smallest absolute Gasteiger partial charge is 0.337 e.